The van der Waals surface area contributed by atoms with Gasteiger partial charge in [-0.25, -0.2) is 0 Å². The maximum absolute atomic E-state index is 6.07. The first kappa shape index (κ1) is 13.8. The summed E-state index contributed by atoms with van der Waals surface area (Å²) in [5, 5.41) is 3.12. The second-order valence-electron chi connectivity index (χ2n) is 4.62. The summed E-state index contributed by atoms with van der Waals surface area (Å²) in [7, 11) is 1.94. The van der Waals surface area contributed by atoms with Gasteiger partial charge in [-0.15, -0.1) is 0 Å². The van der Waals surface area contributed by atoms with Crippen molar-refractivity contribution in [3.63, 3.8) is 0 Å². The molecule has 2 rings (SSSR count). The first-order chi connectivity index (χ1) is 9.33. The number of ether oxygens (including phenoxy) is 1. The highest BCUT2D eigenvalue weighted by molar-refractivity contribution is 5.35. The highest BCUT2D eigenvalue weighted by Crippen LogP contribution is 2.28. The van der Waals surface area contributed by atoms with E-state index in [1.807, 2.05) is 13.1 Å². The molecule has 19 heavy (non-hydrogen) atoms. The van der Waals surface area contributed by atoms with Gasteiger partial charge in [-0.05, 0) is 30.7 Å². The van der Waals surface area contributed by atoms with Crippen molar-refractivity contribution < 1.29 is 4.74 Å². The Morgan fingerprint density at radius 1 is 1.00 bits per heavy atom. The zero-order chi connectivity index (χ0) is 13.5. The van der Waals surface area contributed by atoms with Gasteiger partial charge in [0, 0.05) is 6.54 Å². The molecule has 2 aromatic rings. The van der Waals surface area contributed by atoms with Crippen LogP contribution in [0.15, 0.2) is 54.6 Å². The molecule has 0 bridgehead atoms. The molecule has 1 N–H and O–H groups in total. The number of aryl methyl sites for hydroxylation is 1. The molecule has 0 fully saturated rings. The Labute approximate surface area is 115 Å². The first-order valence-electron chi connectivity index (χ1n) is 6.69. The van der Waals surface area contributed by atoms with Crippen LogP contribution in [0.2, 0.25) is 0 Å². The van der Waals surface area contributed by atoms with E-state index in [2.05, 4.69) is 60.8 Å². The molecule has 100 valence electrons. The molecule has 2 heteroatoms. The maximum Gasteiger partial charge on any atom is 0.108 e. The summed E-state index contributed by atoms with van der Waals surface area (Å²) in [6.07, 6.45) is 0.00995. The Hall–Kier alpha value is -1.64. The van der Waals surface area contributed by atoms with Gasteiger partial charge in [0.2, 0.25) is 0 Å². The summed E-state index contributed by atoms with van der Waals surface area (Å²) in [6, 6.07) is 18.8. The van der Waals surface area contributed by atoms with Gasteiger partial charge in [-0.3, -0.25) is 0 Å². The average molecular weight is 255 g/mol. The molecule has 0 amide bonds. The van der Waals surface area contributed by atoms with Crippen molar-refractivity contribution in [2.45, 2.75) is 13.0 Å². The molecule has 0 saturated heterocycles. The zero-order valence-corrected chi connectivity index (χ0v) is 11.6. The van der Waals surface area contributed by atoms with Crippen molar-refractivity contribution in [1.82, 2.24) is 5.32 Å². The number of rotatable bonds is 6. The van der Waals surface area contributed by atoms with E-state index < -0.39 is 0 Å². The van der Waals surface area contributed by atoms with Crippen molar-refractivity contribution in [2.75, 3.05) is 20.2 Å². The summed E-state index contributed by atoms with van der Waals surface area (Å²) < 4.78 is 6.07. The predicted octanol–water partition coefficient (Wildman–Crippen LogP) is 3.32. The third kappa shape index (κ3) is 3.66. The molecule has 0 aliphatic carbocycles. The molecule has 1 atom stereocenters. The van der Waals surface area contributed by atoms with Crippen LogP contribution in [-0.4, -0.2) is 20.2 Å². The van der Waals surface area contributed by atoms with Crippen molar-refractivity contribution in [3.8, 4) is 0 Å². The van der Waals surface area contributed by atoms with Crippen molar-refractivity contribution in [3.05, 3.63) is 71.3 Å². The highest BCUT2D eigenvalue weighted by Gasteiger charge is 2.15. The molecule has 2 aromatic carbocycles. The Bertz CT molecular complexity index is 496. The van der Waals surface area contributed by atoms with E-state index >= 15 is 0 Å². The molecular formula is C17H21NO. The molecule has 0 aromatic heterocycles. The SMILES string of the molecule is CNCCO[C@H](c1ccccc1)c1ccccc1C. The largest absolute Gasteiger partial charge is 0.367 e. The van der Waals surface area contributed by atoms with Gasteiger partial charge >= 0.3 is 0 Å². The molecule has 0 unspecified atom stereocenters. The smallest absolute Gasteiger partial charge is 0.108 e. The summed E-state index contributed by atoms with van der Waals surface area (Å²) in [6.45, 7) is 3.69. The van der Waals surface area contributed by atoms with Gasteiger partial charge in [-0.1, -0.05) is 54.6 Å². The van der Waals surface area contributed by atoms with Crippen LogP contribution in [0, 0.1) is 6.92 Å². The van der Waals surface area contributed by atoms with E-state index in [1.54, 1.807) is 0 Å². The van der Waals surface area contributed by atoms with Crippen LogP contribution in [0.1, 0.15) is 22.8 Å². The average Bonchev–Trinajstić information content (AvgIpc) is 2.46. The number of hydrogen-bond donors (Lipinski definition) is 1. The van der Waals surface area contributed by atoms with E-state index in [0.29, 0.717) is 6.61 Å². The van der Waals surface area contributed by atoms with Gasteiger partial charge in [0.25, 0.3) is 0 Å². The van der Waals surface area contributed by atoms with E-state index in [-0.39, 0.29) is 6.10 Å². The Morgan fingerprint density at radius 2 is 1.68 bits per heavy atom. The number of likely N-dealkylation sites (N-methyl/N-ethyl adjacent to an activating group) is 1. The van der Waals surface area contributed by atoms with E-state index in [1.165, 1.54) is 16.7 Å². The molecule has 0 spiro atoms. The zero-order valence-electron chi connectivity index (χ0n) is 11.6. The molecule has 0 aliphatic rings. The quantitative estimate of drug-likeness (QED) is 0.799. The maximum atomic E-state index is 6.07. The van der Waals surface area contributed by atoms with Gasteiger partial charge in [-0.2, -0.15) is 0 Å². The highest BCUT2D eigenvalue weighted by atomic mass is 16.5. The minimum absolute atomic E-state index is 0.00995. The van der Waals surface area contributed by atoms with Gasteiger partial charge in [0.15, 0.2) is 0 Å². The Morgan fingerprint density at radius 3 is 2.37 bits per heavy atom. The van der Waals surface area contributed by atoms with Crippen LogP contribution < -0.4 is 5.32 Å². The van der Waals surface area contributed by atoms with Gasteiger partial charge in [0.1, 0.15) is 6.10 Å². The second kappa shape index (κ2) is 7.07. The summed E-state index contributed by atoms with van der Waals surface area (Å²) >= 11 is 0. The number of benzene rings is 2. The standard InChI is InChI=1S/C17H21NO/c1-14-8-6-7-11-16(14)17(19-13-12-18-2)15-9-4-3-5-10-15/h3-11,17-18H,12-13H2,1-2H3/t17-/m1/s1. The second-order valence-corrected chi connectivity index (χ2v) is 4.62. The Balaban J connectivity index is 2.27. The molecular weight excluding hydrogens is 234 g/mol. The fraction of sp³-hybridized carbons (Fsp3) is 0.294. The van der Waals surface area contributed by atoms with E-state index in [4.69, 9.17) is 4.74 Å². The predicted molar refractivity (Wildman–Crippen MR) is 79.3 cm³/mol. The molecule has 0 saturated carbocycles. The minimum Gasteiger partial charge on any atom is -0.367 e. The van der Waals surface area contributed by atoms with Crippen molar-refractivity contribution in [2.24, 2.45) is 0 Å². The van der Waals surface area contributed by atoms with E-state index in [9.17, 15) is 0 Å². The minimum atomic E-state index is 0.00995. The van der Waals surface area contributed by atoms with Crippen LogP contribution in [0.3, 0.4) is 0 Å². The third-order valence-electron chi connectivity index (χ3n) is 3.21. The monoisotopic (exact) mass is 255 g/mol. The number of hydrogen-bond acceptors (Lipinski definition) is 2. The fourth-order valence-corrected chi connectivity index (χ4v) is 2.15. The lowest BCUT2D eigenvalue weighted by molar-refractivity contribution is 0.0827. The lowest BCUT2D eigenvalue weighted by atomic mass is 9.97. The molecule has 0 radical (unpaired) electrons. The van der Waals surface area contributed by atoms with Crippen LogP contribution in [0.5, 0.6) is 0 Å². The summed E-state index contributed by atoms with van der Waals surface area (Å²) in [5.41, 5.74) is 3.71. The lowest BCUT2D eigenvalue weighted by Gasteiger charge is -2.20. The molecule has 0 heterocycles. The summed E-state index contributed by atoms with van der Waals surface area (Å²) in [4.78, 5) is 0. The summed E-state index contributed by atoms with van der Waals surface area (Å²) in [5.74, 6) is 0. The first-order valence-corrected chi connectivity index (χ1v) is 6.69. The van der Waals surface area contributed by atoms with E-state index in [0.717, 1.165) is 6.54 Å². The van der Waals surface area contributed by atoms with Crippen LogP contribution in [0.4, 0.5) is 0 Å². The third-order valence-corrected chi connectivity index (χ3v) is 3.21. The van der Waals surface area contributed by atoms with Crippen LogP contribution in [-0.2, 0) is 4.74 Å². The van der Waals surface area contributed by atoms with Crippen LogP contribution >= 0.6 is 0 Å². The molecule has 0 aliphatic heterocycles. The van der Waals surface area contributed by atoms with Gasteiger partial charge < -0.3 is 10.1 Å². The van der Waals surface area contributed by atoms with Crippen molar-refractivity contribution >= 4 is 0 Å². The number of nitrogens with one attached hydrogen (secondary N) is 1. The van der Waals surface area contributed by atoms with Gasteiger partial charge in [0.05, 0.1) is 6.61 Å². The van der Waals surface area contributed by atoms with Crippen LogP contribution in [0.25, 0.3) is 0 Å². The normalized spacial score (nSPS) is 12.3. The lowest BCUT2D eigenvalue weighted by Crippen LogP contribution is -2.17. The van der Waals surface area contributed by atoms with Crippen molar-refractivity contribution in [1.29, 1.82) is 0 Å². The Kier molecular flexibility index (Phi) is 5.13. The molecule has 2 nitrogen and oxygen atoms in total. The topological polar surface area (TPSA) is 21.3 Å². The fourth-order valence-electron chi connectivity index (χ4n) is 2.15.